The fourth-order valence-electron chi connectivity index (χ4n) is 0.835. The number of furan rings is 1. The Balaban J connectivity index is 0. The third-order valence-corrected chi connectivity index (χ3v) is 1.99. The van der Waals surface area contributed by atoms with Gasteiger partial charge in [0, 0.05) is 11.6 Å². The second kappa shape index (κ2) is 15.1. The second-order valence-corrected chi connectivity index (χ2v) is 4.05. The molecule has 0 aliphatic heterocycles. The standard InChI is InChI=1S/C8H14O2.C5H6O2.C3H4O2/c1-4-5-6-10-8(9)7(2)3;6-4-5-2-1-3-7-5;1-2-3(4)5/h2,4-6H2,1,3H3;1-3,6H,4H2;2H,1H2,(H,4,5). The number of ether oxygens (including phenoxy) is 1. The van der Waals surface area contributed by atoms with Gasteiger partial charge in [0.05, 0.1) is 12.9 Å². The lowest BCUT2D eigenvalue weighted by Gasteiger charge is -2.01. The molecule has 0 saturated heterocycles. The first kappa shape index (κ1) is 21.9. The molecule has 6 nitrogen and oxygen atoms in total. The van der Waals surface area contributed by atoms with E-state index in [1.54, 1.807) is 19.1 Å². The van der Waals surface area contributed by atoms with Crippen molar-refractivity contribution >= 4 is 11.9 Å². The van der Waals surface area contributed by atoms with Gasteiger partial charge in [0.2, 0.25) is 0 Å². The van der Waals surface area contributed by atoms with Crippen LogP contribution in [0.25, 0.3) is 0 Å². The Hall–Kier alpha value is -2.34. The molecule has 22 heavy (non-hydrogen) atoms. The number of carbonyl (C=O) groups is 2. The number of hydrogen-bond acceptors (Lipinski definition) is 5. The van der Waals surface area contributed by atoms with Crippen molar-refractivity contribution in [1.82, 2.24) is 0 Å². The average Bonchev–Trinajstić information content (AvgIpc) is 3.02. The van der Waals surface area contributed by atoms with Gasteiger partial charge in [0.1, 0.15) is 12.4 Å². The van der Waals surface area contributed by atoms with Crippen molar-refractivity contribution in [2.24, 2.45) is 0 Å². The summed E-state index contributed by atoms with van der Waals surface area (Å²) >= 11 is 0. The predicted molar refractivity (Wildman–Crippen MR) is 83.1 cm³/mol. The summed E-state index contributed by atoms with van der Waals surface area (Å²) < 4.78 is 9.54. The Morgan fingerprint density at radius 2 is 2.05 bits per heavy atom. The number of aliphatic hydroxyl groups is 1. The molecule has 1 aromatic heterocycles. The van der Waals surface area contributed by atoms with Crippen LogP contribution in [0, 0.1) is 0 Å². The van der Waals surface area contributed by atoms with Crippen LogP contribution in [0.5, 0.6) is 0 Å². The lowest BCUT2D eigenvalue weighted by atomic mass is 10.3. The van der Waals surface area contributed by atoms with E-state index in [4.69, 9.17) is 19.4 Å². The molecule has 0 spiro atoms. The molecule has 6 heteroatoms. The summed E-state index contributed by atoms with van der Waals surface area (Å²) in [6, 6.07) is 3.46. The summed E-state index contributed by atoms with van der Waals surface area (Å²) in [5.74, 6) is -0.654. The van der Waals surface area contributed by atoms with Crippen molar-refractivity contribution in [3.05, 3.63) is 49.0 Å². The average molecular weight is 312 g/mol. The maximum atomic E-state index is 10.7. The number of esters is 1. The van der Waals surface area contributed by atoms with Gasteiger partial charge in [-0.05, 0) is 25.5 Å². The Labute approximate surface area is 130 Å². The largest absolute Gasteiger partial charge is 0.478 e. The first-order chi connectivity index (χ1) is 10.4. The molecule has 0 aromatic carbocycles. The minimum atomic E-state index is -0.981. The van der Waals surface area contributed by atoms with Crippen molar-refractivity contribution in [2.45, 2.75) is 33.3 Å². The second-order valence-electron chi connectivity index (χ2n) is 4.05. The number of aliphatic carboxylic acids is 1. The van der Waals surface area contributed by atoms with Crippen molar-refractivity contribution in [3.63, 3.8) is 0 Å². The number of hydrogen-bond donors (Lipinski definition) is 2. The molecule has 0 atom stereocenters. The molecular weight excluding hydrogens is 288 g/mol. The van der Waals surface area contributed by atoms with E-state index in [0.29, 0.717) is 17.9 Å². The molecule has 0 aliphatic carbocycles. The van der Waals surface area contributed by atoms with E-state index in [0.717, 1.165) is 18.9 Å². The van der Waals surface area contributed by atoms with E-state index in [-0.39, 0.29) is 12.6 Å². The summed E-state index contributed by atoms with van der Waals surface area (Å²) in [7, 11) is 0. The van der Waals surface area contributed by atoms with Gasteiger partial charge in [-0.1, -0.05) is 26.5 Å². The van der Waals surface area contributed by atoms with Crippen LogP contribution in [0.15, 0.2) is 47.6 Å². The van der Waals surface area contributed by atoms with Crippen LogP contribution in [0.1, 0.15) is 32.4 Å². The number of carboxylic acids is 1. The molecule has 0 aliphatic rings. The molecule has 1 heterocycles. The maximum absolute atomic E-state index is 10.7. The van der Waals surface area contributed by atoms with E-state index < -0.39 is 5.97 Å². The van der Waals surface area contributed by atoms with Gasteiger partial charge in [-0.2, -0.15) is 0 Å². The third-order valence-electron chi connectivity index (χ3n) is 1.99. The molecule has 0 amide bonds. The van der Waals surface area contributed by atoms with Crippen molar-refractivity contribution in [2.75, 3.05) is 6.61 Å². The van der Waals surface area contributed by atoms with Crippen LogP contribution in [-0.2, 0) is 20.9 Å². The molecule has 0 bridgehead atoms. The lowest BCUT2D eigenvalue weighted by molar-refractivity contribution is -0.139. The fraction of sp³-hybridized carbons (Fsp3) is 0.375. The highest BCUT2D eigenvalue weighted by atomic mass is 16.5. The van der Waals surface area contributed by atoms with Gasteiger partial charge < -0.3 is 19.4 Å². The Morgan fingerprint density at radius 1 is 1.45 bits per heavy atom. The summed E-state index contributed by atoms with van der Waals surface area (Å²) in [6.45, 7) is 10.6. The van der Waals surface area contributed by atoms with Gasteiger partial charge >= 0.3 is 11.9 Å². The van der Waals surface area contributed by atoms with Gasteiger partial charge in [0.25, 0.3) is 0 Å². The summed E-state index contributed by atoms with van der Waals surface area (Å²) in [4.78, 5) is 19.9. The van der Waals surface area contributed by atoms with Gasteiger partial charge in [-0.25, -0.2) is 9.59 Å². The topological polar surface area (TPSA) is 97.0 Å². The highest BCUT2D eigenvalue weighted by Crippen LogP contribution is 1.96. The quantitative estimate of drug-likeness (QED) is 0.476. The molecule has 0 radical (unpaired) electrons. The van der Waals surface area contributed by atoms with Crippen LogP contribution < -0.4 is 0 Å². The third kappa shape index (κ3) is 15.7. The van der Waals surface area contributed by atoms with Crippen LogP contribution in [0.4, 0.5) is 0 Å². The normalized spacial score (nSPS) is 8.50. The molecule has 2 N–H and O–H groups in total. The predicted octanol–water partition coefficient (Wildman–Crippen LogP) is 2.93. The van der Waals surface area contributed by atoms with Crippen molar-refractivity contribution in [1.29, 1.82) is 0 Å². The molecule has 124 valence electrons. The van der Waals surface area contributed by atoms with Crippen LogP contribution in [0.2, 0.25) is 0 Å². The number of aliphatic hydroxyl groups excluding tert-OH is 1. The van der Waals surface area contributed by atoms with Crippen molar-refractivity contribution in [3.8, 4) is 0 Å². The van der Waals surface area contributed by atoms with Crippen LogP contribution in [-0.4, -0.2) is 28.8 Å². The number of unbranched alkanes of at least 4 members (excludes halogenated alkanes) is 1. The zero-order chi connectivity index (χ0) is 17.4. The highest BCUT2D eigenvalue weighted by molar-refractivity contribution is 5.86. The van der Waals surface area contributed by atoms with E-state index in [1.807, 2.05) is 0 Å². The monoisotopic (exact) mass is 312 g/mol. The zero-order valence-corrected chi connectivity index (χ0v) is 13.1. The van der Waals surface area contributed by atoms with E-state index >= 15 is 0 Å². The number of rotatable bonds is 6. The van der Waals surface area contributed by atoms with Crippen molar-refractivity contribution < 1.29 is 29.0 Å². The van der Waals surface area contributed by atoms with E-state index in [9.17, 15) is 9.59 Å². The first-order valence-electron chi connectivity index (χ1n) is 6.70. The fourth-order valence-corrected chi connectivity index (χ4v) is 0.835. The molecule has 1 rings (SSSR count). The molecule has 0 unspecified atom stereocenters. The molecule has 0 fully saturated rings. The maximum Gasteiger partial charge on any atom is 0.333 e. The van der Waals surface area contributed by atoms with Gasteiger partial charge in [-0.3, -0.25) is 0 Å². The Morgan fingerprint density at radius 3 is 2.32 bits per heavy atom. The smallest absolute Gasteiger partial charge is 0.333 e. The van der Waals surface area contributed by atoms with E-state index in [2.05, 4.69) is 20.1 Å². The summed E-state index contributed by atoms with van der Waals surface area (Å²) in [5.41, 5.74) is 0.469. The lowest BCUT2D eigenvalue weighted by Crippen LogP contribution is -2.05. The summed E-state index contributed by atoms with van der Waals surface area (Å²) in [6.07, 6.45) is 4.34. The van der Waals surface area contributed by atoms with Gasteiger partial charge in [0.15, 0.2) is 0 Å². The molecule has 1 aromatic rings. The minimum absolute atomic E-state index is 0.00694. The van der Waals surface area contributed by atoms with Crippen LogP contribution >= 0.6 is 0 Å². The minimum Gasteiger partial charge on any atom is -0.478 e. The first-order valence-corrected chi connectivity index (χ1v) is 6.70. The number of carbonyl (C=O) groups excluding carboxylic acids is 1. The van der Waals surface area contributed by atoms with Crippen LogP contribution in [0.3, 0.4) is 0 Å². The Kier molecular flexibility index (Phi) is 15.0. The Bertz CT molecular complexity index is 433. The van der Waals surface area contributed by atoms with E-state index in [1.165, 1.54) is 6.26 Å². The molecular formula is C16H24O6. The SMILES string of the molecule is C=C(C)C(=O)OCCCC.C=CC(=O)O.OCc1ccco1. The highest BCUT2D eigenvalue weighted by Gasteiger charge is 2.00. The summed E-state index contributed by atoms with van der Waals surface area (Å²) in [5, 5.41) is 15.9. The molecule has 0 saturated carbocycles. The number of carboxylic acid groups (broad SMARTS) is 1. The van der Waals surface area contributed by atoms with Gasteiger partial charge in [-0.15, -0.1) is 0 Å². The zero-order valence-electron chi connectivity index (χ0n) is 13.1.